The summed E-state index contributed by atoms with van der Waals surface area (Å²) < 4.78 is 43.3. The number of hydrogen-bond acceptors (Lipinski definition) is 3. The number of benzene rings is 1. The fraction of sp³-hybridized carbons (Fsp3) is 0.286. The Bertz CT molecular complexity index is 711. The van der Waals surface area contributed by atoms with Gasteiger partial charge in [0, 0.05) is 5.69 Å². The van der Waals surface area contributed by atoms with E-state index in [1.54, 1.807) is 13.8 Å². The van der Waals surface area contributed by atoms with Crippen LogP contribution in [0, 0.1) is 6.92 Å². The number of alkyl halides is 3. The maximum absolute atomic E-state index is 12.8. The van der Waals surface area contributed by atoms with Gasteiger partial charge in [-0.3, -0.25) is 4.79 Å². The molecule has 0 aliphatic heterocycles. The quantitative estimate of drug-likeness (QED) is 0.902. The molecule has 0 aliphatic carbocycles. The molecule has 0 fully saturated rings. The second-order valence-corrected chi connectivity index (χ2v) is 4.97. The van der Waals surface area contributed by atoms with Crippen molar-refractivity contribution in [2.75, 3.05) is 5.32 Å². The van der Waals surface area contributed by atoms with E-state index in [0.29, 0.717) is 17.9 Å². The molecule has 1 heterocycles. The standard InChI is InChI=1S/C14H12ClF3N2O2/c1-3-11-12(7(2)22-20-11)13(21)19-8-4-5-10(15)9(6-8)14(16,17)18/h4-6H,3H2,1-2H3,(H,19,21). The molecular formula is C14H12ClF3N2O2. The van der Waals surface area contributed by atoms with Gasteiger partial charge in [0.25, 0.3) is 5.91 Å². The van der Waals surface area contributed by atoms with Crippen molar-refractivity contribution in [1.29, 1.82) is 0 Å². The minimum Gasteiger partial charge on any atom is -0.361 e. The van der Waals surface area contributed by atoms with Gasteiger partial charge in [-0.1, -0.05) is 23.7 Å². The van der Waals surface area contributed by atoms with E-state index < -0.39 is 22.7 Å². The Kier molecular flexibility index (Phi) is 4.46. The van der Waals surface area contributed by atoms with Crippen LogP contribution in [0.15, 0.2) is 22.7 Å². The Balaban J connectivity index is 2.31. The zero-order chi connectivity index (χ0) is 16.5. The molecule has 22 heavy (non-hydrogen) atoms. The number of hydrogen-bond donors (Lipinski definition) is 1. The number of halogens is 4. The topological polar surface area (TPSA) is 55.1 Å². The van der Waals surface area contributed by atoms with Gasteiger partial charge < -0.3 is 9.84 Å². The van der Waals surface area contributed by atoms with E-state index in [1.807, 2.05) is 0 Å². The molecule has 0 aliphatic rings. The van der Waals surface area contributed by atoms with E-state index in [-0.39, 0.29) is 11.3 Å². The number of nitrogens with one attached hydrogen (secondary N) is 1. The van der Waals surface area contributed by atoms with Crippen molar-refractivity contribution < 1.29 is 22.5 Å². The zero-order valence-electron chi connectivity index (χ0n) is 11.7. The average Bonchev–Trinajstić information content (AvgIpc) is 2.80. The smallest absolute Gasteiger partial charge is 0.361 e. The van der Waals surface area contributed by atoms with Crippen molar-refractivity contribution >= 4 is 23.2 Å². The van der Waals surface area contributed by atoms with E-state index in [0.717, 1.165) is 12.1 Å². The van der Waals surface area contributed by atoms with E-state index in [1.165, 1.54) is 6.07 Å². The molecular weight excluding hydrogens is 321 g/mol. The number of carbonyl (C=O) groups excluding carboxylic acids is 1. The summed E-state index contributed by atoms with van der Waals surface area (Å²) >= 11 is 5.53. The Morgan fingerprint density at radius 1 is 1.41 bits per heavy atom. The highest BCUT2D eigenvalue weighted by Crippen LogP contribution is 2.36. The van der Waals surface area contributed by atoms with Crippen LogP contribution < -0.4 is 5.32 Å². The van der Waals surface area contributed by atoms with E-state index in [2.05, 4.69) is 10.5 Å². The van der Waals surface area contributed by atoms with Gasteiger partial charge in [-0.25, -0.2) is 0 Å². The lowest BCUT2D eigenvalue weighted by atomic mass is 10.1. The largest absolute Gasteiger partial charge is 0.417 e. The van der Waals surface area contributed by atoms with Crippen molar-refractivity contribution in [2.45, 2.75) is 26.4 Å². The van der Waals surface area contributed by atoms with Crippen LogP contribution >= 0.6 is 11.6 Å². The monoisotopic (exact) mass is 332 g/mol. The number of aromatic nitrogens is 1. The third-order valence-corrected chi connectivity index (χ3v) is 3.35. The highest BCUT2D eigenvalue weighted by atomic mass is 35.5. The van der Waals surface area contributed by atoms with Gasteiger partial charge in [0.2, 0.25) is 0 Å². The van der Waals surface area contributed by atoms with Gasteiger partial charge in [0.15, 0.2) is 0 Å². The Morgan fingerprint density at radius 3 is 2.68 bits per heavy atom. The predicted molar refractivity (Wildman–Crippen MR) is 75.0 cm³/mol. The molecule has 8 heteroatoms. The molecule has 1 aromatic heterocycles. The highest BCUT2D eigenvalue weighted by Gasteiger charge is 2.33. The van der Waals surface area contributed by atoms with Crippen molar-refractivity contribution in [2.24, 2.45) is 0 Å². The summed E-state index contributed by atoms with van der Waals surface area (Å²) in [6.45, 7) is 3.35. The molecule has 0 atom stereocenters. The van der Waals surface area contributed by atoms with Crippen LogP contribution in [0.4, 0.5) is 18.9 Å². The number of aryl methyl sites for hydroxylation is 2. The molecule has 0 saturated heterocycles. The molecule has 0 saturated carbocycles. The number of carbonyl (C=O) groups is 1. The van der Waals surface area contributed by atoms with Crippen LogP contribution in [0.5, 0.6) is 0 Å². The summed E-state index contributed by atoms with van der Waals surface area (Å²) in [4.78, 5) is 12.2. The number of nitrogens with zero attached hydrogens (tertiary/aromatic N) is 1. The van der Waals surface area contributed by atoms with Crippen LogP contribution in [0.3, 0.4) is 0 Å². The predicted octanol–water partition coefficient (Wildman–Crippen LogP) is 4.47. The Morgan fingerprint density at radius 2 is 2.09 bits per heavy atom. The average molecular weight is 333 g/mol. The second kappa shape index (κ2) is 6.00. The van der Waals surface area contributed by atoms with Crippen LogP contribution in [-0.4, -0.2) is 11.1 Å². The lowest BCUT2D eigenvalue weighted by Gasteiger charge is -2.11. The molecule has 118 valence electrons. The zero-order valence-corrected chi connectivity index (χ0v) is 12.5. The summed E-state index contributed by atoms with van der Waals surface area (Å²) in [6.07, 6.45) is -4.13. The number of anilines is 1. The van der Waals surface area contributed by atoms with Crippen molar-refractivity contribution in [3.05, 3.63) is 45.8 Å². The summed E-state index contributed by atoms with van der Waals surface area (Å²) in [7, 11) is 0. The molecule has 1 N–H and O–H groups in total. The Hall–Kier alpha value is -2.02. The first kappa shape index (κ1) is 16.4. The second-order valence-electron chi connectivity index (χ2n) is 4.56. The first-order valence-corrected chi connectivity index (χ1v) is 6.75. The summed E-state index contributed by atoms with van der Waals surface area (Å²) in [5.41, 5.74) is -0.347. The highest BCUT2D eigenvalue weighted by molar-refractivity contribution is 6.31. The third-order valence-electron chi connectivity index (χ3n) is 3.02. The Labute approximate surface area is 129 Å². The summed E-state index contributed by atoms with van der Waals surface area (Å²) in [6, 6.07) is 3.17. The van der Waals surface area contributed by atoms with Gasteiger partial charge in [-0.2, -0.15) is 13.2 Å². The molecule has 4 nitrogen and oxygen atoms in total. The maximum atomic E-state index is 12.8. The molecule has 1 aromatic carbocycles. The maximum Gasteiger partial charge on any atom is 0.417 e. The van der Waals surface area contributed by atoms with Gasteiger partial charge in [-0.05, 0) is 31.5 Å². The van der Waals surface area contributed by atoms with Crippen molar-refractivity contribution in [1.82, 2.24) is 5.16 Å². The lowest BCUT2D eigenvalue weighted by Crippen LogP contribution is -2.15. The number of amides is 1. The van der Waals surface area contributed by atoms with Gasteiger partial charge in [0.1, 0.15) is 11.3 Å². The first-order chi connectivity index (χ1) is 10.2. The molecule has 0 radical (unpaired) electrons. The van der Waals surface area contributed by atoms with E-state index in [4.69, 9.17) is 16.1 Å². The molecule has 1 amide bonds. The van der Waals surface area contributed by atoms with Gasteiger partial charge >= 0.3 is 6.18 Å². The van der Waals surface area contributed by atoms with Crippen LogP contribution in [-0.2, 0) is 12.6 Å². The molecule has 2 rings (SSSR count). The fourth-order valence-electron chi connectivity index (χ4n) is 1.96. The SMILES string of the molecule is CCc1noc(C)c1C(=O)Nc1ccc(Cl)c(C(F)(F)F)c1. The summed E-state index contributed by atoms with van der Waals surface area (Å²) in [5, 5.41) is 5.70. The molecule has 0 unspecified atom stereocenters. The lowest BCUT2D eigenvalue weighted by molar-refractivity contribution is -0.137. The first-order valence-electron chi connectivity index (χ1n) is 6.37. The van der Waals surface area contributed by atoms with Crippen LogP contribution in [0.1, 0.15) is 34.3 Å². The van der Waals surface area contributed by atoms with E-state index >= 15 is 0 Å². The van der Waals surface area contributed by atoms with Crippen molar-refractivity contribution in [3.8, 4) is 0 Å². The van der Waals surface area contributed by atoms with Gasteiger partial charge in [0.05, 0.1) is 16.3 Å². The number of rotatable bonds is 3. The molecule has 2 aromatic rings. The third kappa shape index (κ3) is 3.24. The van der Waals surface area contributed by atoms with Crippen LogP contribution in [0.2, 0.25) is 5.02 Å². The molecule has 0 spiro atoms. The van der Waals surface area contributed by atoms with Crippen molar-refractivity contribution in [3.63, 3.8) is 0 Å². The normalized spacial score (nSPS) is 11.5. The summed E-state index contributed by atoms with van der Waals surface area (Å²) in [5.74, 6) is -0.273. The minimum absolute atomic E-state index is 0.00984. The fourth-order valence-corrected chi connectivity index (χ4v) is 2.19. The van der Waals surface area contributed by atoms with E-state index in [9.17, 15) is 18.0 Å². The van der Waals surface area contributed by atoms with Crippen LogP contribution in [0.25, 0.3) is 0 Å². The molecule has 0 bridgehead atoms. The van der Waals surface area contributed by atoms with Gasteiger partial charge in [-0.15, -0.1) is 0 Å². The minimum atomic E-state index is -4.60.